The quantitative estimate of drug-likeness (QED) is 0.797. The van der Waals surface area contributed by atoms with Gasteiger partial charge in [-0.25, -0.2) is 4.98 Å². The van der Waals surface area contributed by atoms with E-state index in [2.05, 4.69) is 33.5 Å². The number of rotatable bonds is 5. The highest BCUT2D eigenvalue weighted by Gasteiger charge is 2.15. The lowest BCUT2D eigenvalue weighted by Crippen LogP contribution is -2.18. The van der Waals surface area contributed by atoms with E-state index in [9.17, 15) is 0 Å². The van der Waals surface area contributed by atoms with Crippen molar-refractivity contribution in [1.82, 2.24) is 25.1 Å². The summed E-state index contributed by atoms with van der Waals surface area (Å²) in [5.74, 6) is 0.915. The van der Waals surface area contributed by atoms with Gasteiger partial charge in [-0.1, -0.05) is 6.92 Å². The zero-order chi connectivity index (χ0) is 11.4. The Bertz CT molecular complexity index is 417. The molecule has 2 rings (SSSR count). The van der Waals surface area contributed by atoms with Crippen LogP contribution in [0.25, 0.3) is 0 Å². The van der Waals surface area contributed by atoms with Gasteiger partial charge in [0, 0.05) is 30.7 Å². The maximum Gasteiger partial charge on any atom is 0.127 e. The third-order valence-corrected chi connectivity index (χ3v) is 2.52. The predicted molar refractivity (Wildman–Crippen MR) is 62.0 cm³/mol. The van der Waals surface area contributed by atoms with Gasteiger partial charge in [-0.05, 0) is 13.5 Å². The molecule has 0 fully saturated rings. The minimum absolute atomic E-state index is 0.0839. The van der Waals surface area contributed by atoms with E-state index in [-0.39, 0.29) is 6.04 Å². The summed E-state index contributed by atoms with van der Waals surface area (Å²) in [6.07, 6.45) is 8.63. The first-order chi connectivity index (χ1) is 7.85. The number of H-pyrrole nitrogens is 1. The third-order valence-electron chi connectivity index (χ3n) is 2.52. The number of aromatic amines is 1. The van der Waals surface area contributed by atoms with Crippen LogP contribution < -0.4 is 5.32 Å². The van der Waals surface area contributed by atoms with Crippen molar-refractivity contribution < 1.29 is 0 Å². The lowest BCUT2D eigenvalue weighted by atomic mass is 10.1. The van der Waals surface area contributed by atoms with Crippen molar-refractivity contribution in [2.75, 3.05) is 7.05 Å². The molecule has 1 atom stereocenters. The number of aryl methyl sites for hydroxylation is 1. The molecule has 0 saturated heterocycles. The number of aromatic nitrogens is 4. The minimum Gasteiger partial charge on any atom is -0.347 e. The van der Waals surface area contributed by atoms with Crippen molar-refractivity contribution >= 4 is 0 Å². The van der Waals surface area contributed by atoms with Crippen LogP contribution in [0, 0.1) is 0 Å². The molecule has 0 aliphatic heterocycles. The Labute approximate surface area is 94.9 Å². The maximum absolute atomic E-state index is 4.32. The van der Waals surface area contributed by atoms with Crippen molar-refractivity contribution in [3.8, 4) is 0 Å². The van der Waals surface area contributed by atoms with Crippen LogP contribution >= 0.6 is 0 Å². The molecule has 0 amide bonds. The van der Waals surface area contributed by atoms with E-state index in [0.29, 0.717) is 0 Å². The molecule has 5 heteroatoms. The molecule has 1 unspecified atom stereocenters. The molecule has 0 aliphatic carbocycles. The van der Waals surface area contributed by atoms with Gasteiger partial charge in [0.2, 0.25) is 0 Å². The van der Waals surface area contributed by atoms with E-state index in [0.717, 1.165) is 24.4 Å². The van der Waals surface area contributed by atoms with E-state index in [1.807, 2.05) is 24.1 Å². The normalized spacial score (nSPS) is 12.9. The second-order valence-electron chi connectivity index (χ2n) is 3.73. The Morgan fingerprint density at radius 3 is 3.06 bits per heavy atom. The fraction of sp³-hybridized carbons (Fsp3) is 0.455. The number of nitrogens with one attached hydrogen (secondary N) is 2. The van der Waals surface area contributed by atoms with E-state index in [1.54, 1.807) is 6.20 Å². The Kier molecular flexibility index (Phi) is 3.36. The van der Waals surface area contributed by atoms with Crippen molar-refractivity contribution in [3.63, 3.8) is 0 Å². The van der Waals surface area contributed by atoms with Gasteiger partial charge in [0.15, 0.2) is 0 Å². The van der Waals surface area contributed by atoms with Crippen molar-refractivity contribution in [2.45, 2.75) is 25.9 Å². The minimum atomic E-state index is 0.0839. The summed E-state index contributed by atoms with van der Waals surface area (Å²) in [6, 6.07) is 0.0839. The number of hydrogen-bond acceptors (Lipinski definition) is 3. The summed E-state index contributed by atoms with van der Waals surface area (Å²) in [5, 5.41) is 7.55. The third kappa shape index (κ3) is 2.14. The largest absolute Gasteiger partial charge is 0.347 e. The van der Waals surface area contributed by atoms with Crippen LogP contribution in [0.5, 0.6) is 0 Å². The maximum atomic E-state index is 4.32. The smallest absolute Gasteiger partial charge is 0.127 e. The van der Waals surface area contributed by atoms with E-state index < -0.39 is 0 Å². The monoisotopic (exact) mass is 219 g/mol. The summed E-state index contributed by atoms with van der Waals surface area (Å²) in [6.45, 7) is 3.10. The van der Waals surface area contributed by atoms with Gasteiger partial charge >= 0.3 is 0 Å². The topological polar surface area (TPSA) is 58.5 Å². The highest BCUT2D eigenvalue weighted by molar-refractivity contribution is 5.19. The fourth-order valence-electron chi connectivity index (χ4n) is 1.78. The Morgan fingerprint density at radius 1 is 1.56 bits per heavy atom. The Morgan fingerprint density at radius 2 is 2.44 bits per heavy atom. The number of hydrogen-bond donors (Lipinski definition) is 2. The highest BCUT2D eigenvalue weighted by Crippen LogP contribution is 2.17. The first-order valence-corrected chi connectivity index (χ1v) is 5.54. The van der Waals surface area contributed by atoms with Gasteiger partial charge in [0.25, 0.3) is 0 Å². The van der Waals surface area contributed by atoms with Crippen molar-refractivity contribution in [2.24, 2.45) is 0 Å². The van der Waals surface area contributed by atoms with E-state index in [4.69, 9.17) is 0 Å². The summed E-state index contributed by atoms with van der Waals surface area (Å²) < 4.78 is 1.96. The summed E-state index contributed by atoms with van der Waals surface area (Å²) in [5.41, 5.74) is 1.13. The van der Waals surface area contributed by atoms with Gasteiger partial charge in [0.05, 0.1) is 12.2 Å². The molecule has 0 aliphatic rings. The molecule has 2 aromatic rings. The lowest BCUT2D eigenvalue weighted by molar-refractivity contribution is 0.599. The van der Waals surface area contributed by atoms with Gasteiger partial charge in [-0.3, -0.25) is 4.68 Å². The molecule has 0 saturated carbocycles. The van der Waals surface area contributed by atoms with Crippen molar-refractivity contribution in [3.05, 3.63) is 36.2 Å². The SMILES string of the molecule is CCCn1cc(C(NC)c2ncc[nH]2)cn1. The fourth-order valence-corrected chi connectivity index (χ4v) is 1.78. The predicted octanol–water partition coefficient (Wildman–Crippen LogP) is 1.32. The zero-order valence-electron chi connectivity index (χ0n) is 9.64. The van der Waals surface area contributed by atoms with Gasteiger partial charge < -0.3 is 10.3 Å². The molecular formula is C11H17N5. The van der Waals surface area contributed by atoms with E-state index in [1.165, 1.54) is 0 Å². The summed E-state index contributed by atoms with van der Waals surface area (Å²) >= 11 is 0. The first kappa shape index (κ1) is 10.9. The highest BCUT2D eigenvalue weighted by atomic mass is 15.3. The molecule has 0 bridgehead atoms. The molecule has 2 aromatic heterocycles. The van der Waals surface area contributed by atoms with E-state index >= 15 is 0 Å². The Balaban J connectivity index is 2.20. The number of imidazole rings is 1. The molecule has 2 heterocycles. The van der Waals surface area contributed by atoms with Gasteiger partial charge in [-0.15, -0.1) is 0 Å². The molecule has 0 radical (unpaired) electrons. The van der Waals surface area contributed by atoms with Crippen LogP contribution in [0.15, 0.2) is 24.8 Å². The molecule has 2 N–H and O–H groups in total. The zero-order valence-corrected chi connectivity index (χ0v) is 9.64. The molecule has 16 heavy (non-hydrogen) atoms. The summed E-state index contributed by atoms with van der Waals surface area (Å²) in [7, 11) is 1.92. The molecule has 0 spiro atoms. The van der Waals surface area contributed by atoms with Crippen LogP contribution in [0.3, 0.4) is 0 Å². The molecule has 0 aromatic carbocycles. The number of nitrogens with zero attached hydrogens (tertiary/aromatic N) is 3. The van der Waals surface area contributed by atoms with Crippen LogP contribution in [-0.4, -0.2) is 26.8 Å². The second kappa shape index (κ2) is 4.94. The second-order valence-corrected chi connectivity index (χ2v) is 3.73. The van der Waals surface area contributed by atoms with Crippen LogP contribution in [0.4, 0.5) is 0 Å². The first-order valence-electron chi connectivity index (χ1n) is 5.54. The molecular weight excluding hydrogens is 202 g/mol. The summed E-state index contributed by atoms with van der Waals surface area (Å²) in [4.78, 5) is 7.38. The molecule has 5 nitrogen and oxygen atoms in total. The average Bonchev–Trinajstić information content (AvgIpc) is 2.92. The lowest BCUT2D eigenvalue weighted by Gasteiger charge is -2.10. The van der Waals surface area contributed by atoms with Crippen LogP contribution in [0.2, 0.25) is 0 Å². The van der Waals surface area contributed by atoms with Crippen molar-refractivity contribution in [1.29, 1.82) is 0 Å². The Hall–Kier alpha value is -1.62. The van der Waals surface area contributed by atoms with Gasteiger partial charge in [0.1, 0.15) is 5.82 Å². The van der Waals surface area contributed by atoms with Gasteiger partial charge in [-0.2, -0.15) is 5.10 Å². The van der Waals surface area contributed by atoms with Crippen LogP contribution in [-0.2, 0) is 6.54 Å². The standard InChI is InChI=1S/C11H17N5/c1-3-6-16-8-9(7-15-16)10(12-2)11-13-4-5-14-11/h4-5,7-8,10,12H,3,6H2,1-2H3,(H,13,14). The molecule has 86 valence electrons. The van der Waals surface area contributed by atoms with Crippen LogP contribution in [0.1, 0.15) is 30.8 Å². The average molecular weight is 219 g/mol.